The van der Waals surface area contributed by atoms with Crippen LogP contribution in [0.2, 0.25) is 0 Å². The minimum Gasteiger partial charge on any atom is -0.478 e. The molecule has 7 heteroatoms. The molecule has 0 bridgehead atoms. The highest BCUT2D eigenvalue weighted by molar-refractivity contribution is 9.10. The fraction of sp³-hybridized carbons (Fsp3) is 0.100. The Balaban J connectivity index is 0.000000159. The number of fused-ring (bicyclic) bond motifs is 2. The van der Waals surface area contributed by atoms with Crippen LogP contribution in [-0.4, -0.2) is 24.2 Å². The van der Waals surface area contributed by atoms with Gasteiger partial charge in [0.15, 0.2) is 0 Å². The van der Waals surface area contributed by atoms with Gasteiger partial charge in [-0.3, -0.25) is 0 Å². The highest BCUT2D eigenvalue weighted by atomic mass is 79.9. The molecule has 1 N–H and O–H groups in total. The van der Waals surface area contributed by atoms with Gasteiger partial charge in [-0.25, -0.2) is 9.59 Å². The van der Waals surface area contributed by atoms with Crippen molar-refractivity contribution in [1.82, 2.24) is 0 Å². The van der Waals surface area contributed by atoms with E-state index in [2.05, 4.69) is 15.9 Å². The molecule has 0 amide bonds. The van der Waals surface area contributed by atoms with Crippen LogP contribution in [0.1, 0.15) is 26.3 Å². The van der Waals surface area contributed by atoms with E-state index in [-0.39, 0.29) is 11.5 Å². The van der Waals surface area contributed by atoms with Gasteiger partial charge in [-0.1, -0.05) is 22.0 Å². The van der Waals surface area contributed by atoms with E-state index in [4.69, 9.17) is 18.7 Å². The Labute approximate surface area is 162 Å². The van der Waals surface area contributed by atoms with Crippen LogP contribution >= 0.6 is 15.9 Å². The summed E-state index contributed by atoms with van der Waals surface area (Å²) in [6.07, 6.45) is 3.04. The molecule has 0 aliphatic carbocycles. The van der Waals surface area contributed by atoms with Gasteiger partial charge in [-0.15, -0.1) is 0 Å². The zero-order valence-corrected chi connectivity index (χ0v) is 16.1. The van der Waals surface area contributed by atoms with Crippen molar-refractivity contribution < 1.29 is 28.3 Å². The largest absolute Gasteiger partial charge is 0.478 e. The number of carboxylic acids is 1. The molecule has 6 nitrogen and oxygen atoms in total. The van der Waals surface area contributed by atoms with Crippen LogP contribution in [0.4, 0.5) is 0 Å². The summed E-state index contributed by atoms with van der Waals surface area (Å²) in [5.74, 6) is -1.28. The molecule has 4 aromatic rings. The van der Waals surface area contributed by atoms with Crippen molar-refractivity contribution in [2.24, 2.45) is 0 Å². The molecule has 4 rings (SSSR count). The summed E-state index contributed by atoms with van der Waals surface area (Å²) in [7, 11) is 1.37. The molecule has 2 aromatic heterocycles. The van der Waals surface area contributed by atoms with Crippen molar-refractivity contribution in [1.29, 1.82) is 0 Å². The normalized spacial score (nSPS) is 10.5. The fourth-order valence-corrected chi connectivity index (χ4v) is 3.14. The van der Waals surface area contributed by atoms with E-state index in [1.165, 1.54) is 13.4 Å². The van der Waals surface area contributed by atoms with E-state index in [1.807, 2.05) is 13.0 Å². The lowest BCUT2D eigenvalue weighted by molar-refractivity contribution is 0.0601. The maximum Gasteiger partial charge on any atom is 0.338 e. The van der Waals surface area contributed by atoms with Gasteiger partial charge in [0.1, 0.15) is 11.2 Å². The number of aromatic carboxylic acids is 1. The molecule has 2 aromatic carbocycles. The Hall–Kier alpha value is -3.06. The topological polar surface area (TPSA) is 89.9 Å². The molecule has 0 aliphatic heterocycles. The Morgan fingerprint density at radius 3 is 2.37 bits per heavy atom. The molecule has 138 valence electrons. The van der Waals surface area contributed by atoms with Crippen molar-refractivity contribution >= 4 is 49.8 Å². The van der Waals surface area contributed by atoms with Gasteiger partial charge in [0.05, 0.1) is 30.8 Å². The van der Waals surface area contributed by atoms with E-state index in [0.29, 0.717) is 22.1 Å². The number of furan rings is 2. The number of rotatable bonds is 2. The SMILES string of the molecule is COC(=O)c1c(C)c(Br)cc2occc12.O=C(O)c1cccc2occc12. The minimum absolute atomic E-state index is 0.279. The van der Waals surface area contributed by atoms with Crippen LogP contribution in [0.25, 0.3) is 21.9 Å². The lowest BCUT2D eigenvalue weighted by Gasteiger charge is -2.06. The average Bonchev–Trinajstić information content (AvgIpc) is 3.31. The standard InChI is InChI=1S/C11H9BrO3.C9H6O3/c1-6-8(12)5-9-7(3-4-15-9)10(6)11(13)14-2;10-9(11)7-2-1-3-8-6(7)4-5-12-8/h3-5H,1-2H3;1-5H,(H,10,11). The molecule has 27 heavy (non-hydrogen) atoms. The summed E-state index contributed by atoms with van der Waals surface area (Å²) in [5.41, 5.74) is 2.97. The first-order chi connectivity index (χ1) is 12.9. The van der Waals surface area contributed by atoms with E-state index >= 15 is 0 Å². The number of hydrogen-bond acceptors (Lipinski definition) is 5. The molecule has 0 unspecified atom stereocenters. The van der Waals surface area contributed by atoms with Gasteiger partial charge in [0.2, 0.25) is 0 Å². The van der Waals surface area contributed by atoms with Crippen LogP contribution in [0.5, 0.6) is 0 Å². The number of methoxy groups -OCH3 is 1. The Morgan fingerprint density at radius 2 is 1.70 bits per heavy atom. The lowest BCUT2D eigenvalue weighted by atomic mass is 10.0. The third kappa shape index (κ3) is 3.59. The number of carboxylic acid groups (broad SMARTS) is 1. The number of hydrogen-bond donors (Lipinski definition) is 1. The number of carbonyl (C=O) groups is 2. The van der Waals surface area contributed by atoms with E-state index in [0.717, 1.165) is 15.4 Å². The number of esters is 1. The molecular formula is C20H15BrO6. The van der Waals surface area contributed by atoms with Crippen LogP contribution < -0.4 is 0 Å². The second-order valence-electron chi connectivity index (χ2n) is 5.63. The second-order valence-corrected chi connectivity index (χ2v) is 6.48. The van der Waals surface area contributed by atoms with Gasteiger partial charge in [-0.05, 0) is 42.8 Å². The summed E-state index contributed by atoms with van der Waals surface area (Å²) >= 11 is 3.38. The fourth-order valence-electron chi connectivity index (χ4n) is 2.73. The maximum atomic E-state index is 11.6. The van der Waals surface area contributed by atoms with E-state index in [9.17, 15) is 9.59 Å². The van der Waals surface area contributed by atoms with Crippen molar-refractivity contribution in [3.8, 4) is 0 Å². The van der Waals surface area contributed by atoms with E-state index < -0.39 is 5.97 Å². The number of ether oxygens (including phenoxy) is 1. The van der Waals surface area contributed by atoms with Crippen molar-refractivity contribution in [3.63, 3.8) is 0 Å². The Kier molecular flexibility index (Phi) is 5.32. The first-order valence-corrected chi connectivity index (χ1v) is 8.67. The first-order valence-electron chi connectivity index (χ1n) is 7.88. The minimum atomic E-state index is -0.929. The molecule has 0 aliphatic rings. The molecule has 0 saturated carbocycles. The monoisotopic (exact) mass is 430 g/mol. The van der Waals surface area contributed by atoms with Crippen molar-refractivity contribution in [3.05, 3.63) is 70.1 Å². The van der Waals surface area contributed by atoms with Gasteiger partial charge in [0.25, 0.3) is 0 Å². The predicted octanol–water partition coefficient (Wildman–Crippen LogP) is 5.42. The Bertz CT molecular complexity index is 1140. The Morgan fingerprint density at radius 1 is 1.04 bits per heavy atom. The highest BCUT2D eigenvalue weighted by Gasteiger charge is 2.17. The number of benzene rings is 2. The summed E-state index contributed by atoms with van der Waals surface area (Å²) in [4.78, 5) is 22.3. The van der Waals surface area contributed by atoms with Crippen molar-refractivity contribution in [2.45, 2.75) is 6.92 Å². The second kappa shape index (κ2) is 7.67. The predicted molar refractivity (Wildman–Crippen MR) is 103 cm³/mol. The van der Waals surface area contributed by atoms with Crippen LogP contribution in [0.3, 0.4) is 0 Å². The van der Waals surface area contributed by atoms with Crippen LogP contribution in [-0.2, 0) is 4.74 Å². The summed E-state index contributed by atoms with van der Waals surface area (Å²) in [5, 5.41) is 10.2. The van der Waals surface area contributed by atoms with Crippen LogP contribution in [0.15, 0.2) is 62.2 Å². The zero-order valence-electron chi connectivity index (χ0n) is 14.5. The van der Waals surface area contributed by atoms with Gasteiger partial charge in [0, 0.05) is 15.2 Å². The number of halogens is 1. The quantitative estimate of drug-likeness (QED) is 0.426. The van der Waals surface area contributed by atoms with Gasteiger partial charge < -0.3 is 18.7 Å². The third-order valence-electron chi connectivity index (χ3n) is 4.07. The number of carbonyl (C=O) groups excluding carboxylic acids is 1. The molecule has 2 heterocycles. The molecule has 0 atom stereocenters. The van der Waals surface area contributed by atoms with Crippen molar-refractivity contribution in [2.75, 3.05) is 7.11 Å². The third-order valence-corrected chi connectivity index (χ3v) is 4.90. The molecular weight excluding hydrogens is 416 g/mol. The molecule has 0 fully saturated rings. The van der Waals surface area contributed by atoms with E-state index in [1.54, 1.807) is 36.6 Å². The summed E-state index contributed by atoms with van der Waals surface area (Å²) in [6, 6.07) is 10.2. The lowest BCUT2D eigenvalue weighted by Crippen LogP contribution is -2.04. The smallest absolute Gasteiger partial charge is 0.338 e. The average molecular weight is 431 g/mol. The summed E-state index contributed by atoms with van der Waals surface area (Å²) in [6.45, 7) is 1.86. The first kappa shape index (κ1) is 18.7. The van der Waals surface area contributed by atoms with Crippen LogP contribution in [0, 0.1) is 6.92 Å². The molecule has 0 saturated heterocycles. The van der Waals surface area contributed by atoms with Gasteiger partial charge in [-0.2, -0.15) is 0 Å². The molecule has 0 radical (unpaired) electrons. The molecule has 0 spiro atoms. The highest BCUT2D eigenvalue weighted by Crippen LogP contribution is 2.30. The summed E-state index contributed by atoms with van der Waals surface area (Å²) < 4.78 is 15.9. The van der Waals surface area contributed by atoms with Gasteiger partial charge >= 0.3 is 11.9 Å². The maximum absolute atomic E-state index is 11.6. The zero-order chi connectivity index (χ0) is 19.6.